The number of nitrogens with one attached hydrogen (secondary N) is 1. The van der Waals surface area contributed by atoms with E-state index in [-0.39, 0.29) is 18.1 Å². The molecule has 1 amide bonds. The maximum absolute atomic E-state index is 11.2. The summed E-state index contributed by atoms with van der Waals surface area (Å²) in [6, 6.07) is 0.284. The molecule has 86 valence electrons. The van der Waals surface area contributed by atoms with E-state index in [0.29, 0.717) is 6.42 Å². The average Bonchev–Trinajstić information content (AvgIpc) is 2.44. The van der Waals surface area contributed by atoms with Gasteiger partial charge in [-0.25, -0.2) is 0 Å². The van der Waals surface area contributed by atoms with Crippen molar-refractivity contribution < 1.29 is 9.90 Å². The van der Waals surface area contributed by atoms with Crippen LogP contribution in [-0.4, -0.2) is 47.7 Å². The Morgan fingerprint density at radius 1 is 1.27 bits per heavy atom. The molecule has 1 saturated heterocycles. The fourth-order valence-corrected chi connectivity index (χ4v) is 2.63. The highest BCUT2D eigenvalue weighted by Gasteiger charge is 2.29. The smallest absolute Gasteiger partial charge is 0.221 e. The number of nitrogens with zero attached hydrogens (tertiary/aromatic N) is 1. The number of rotatable bonds is 1. The number of hydrogen-bond donors (Lipinski definition) is 2. The van der Waals surface area contributed by atoms with Crippen LogP contribution in [0.2, 0.25) is 0 Å². The molecule has 0 aromatic rings. The summed E-state index contributed by atoms with van der Waals surface area (Å²) < 4.78 is 0. The summed E-state index contributed by atoms with van der Waals surface area (Å²) in [5.74, 6) is 0.141. The summed E-state index contributed by atoms with van der Waals surface area (Å²) in [5, 5.41) is 12.8. The van der Waals surface area contributed by atoms with Crippen molar-refractivity contribution in [2.24, 2.45) is 0 Å². The molecule has 0 aromatic carbocycles. The Balaban J connectivity index is 1.93. The minimum absolute atomic E-state index is 0.141. The highest BCUT2D eigenvalue weighted by Crippen LogP contribution is 2.23. The highest BCUT2D eigenvalue weighted by atomic mass is 16.3. The minimum atomic E-state index is -0.188. The summed E-state index contributed by atoms with van der Waals surface area (Å²) in [7, 11) is 0. The molecule has 1 aliphatic heterocycles. The predicted octanol–water partition coefficient (Wildman–Crippen LogP) is 0.112. The second kappa shape index (κ2) is 4.94. The largest absolute Gasteiger partial charge is 0.391 e. The summed E-state index contributed by atoms with van der Waals surface area (Å²) in [6.07, 6.45) is 4.73. The lowest BCUT2D eigenvalue weighted by molar-refractivity contribution is -0.120. The van der Waals surface area contributed by atoms with Gasteiger partial charge in [0, 0.05) is 32.1 Å². The number of hydrogen-bond acceptors (Lipinski definition) is 3. The van der Waals surface area contributed by atoms with Gasteiger partial charge in [0.1, 0.15) is 0 Å². The Morgan fingerprint density at radius 3 is 2.87 bits per heavy atom. The molecule has 1 saturated carbocycles. The van der Waals surface area contributed by atoms with Crippen LogP contribution < -0.4 is 5.32 Å². The molecule has 4 heteroatoms. The molecule has 0 aromatic heterocycles. The molecule has 4 nitrogen and oxygen atoms in total. The van der Waals surface area contributed by atoms with Gasteiger partial charge in [0.15, 0.2) is 0 Å². The Bertz CT molecular complexity index is 233. The van der Waals surface area contributed by atoms with Gasteiger partial charge in [-0.3, -0.25) is 9.69 Å². The van der Waals surface area contributed by atoms with Gasteiger partial charge in [0.05, 0.1) is 6.10 Å². The van der Waals surface area contributed by atoms with Gasteiger partial charge in [-0.05, 0) is 12.8 Å². The number of carbonyl (C=O) groups excluding carboxylic acids is 1. The molecule has 1 aliphatic carbocycles. The monoisotopic (exact) mass is 212 g/mol. The van der Waals surface area contributed by atoms with Gasteiger partial charge in [-0.1, -0.05) is 12.8 Å². The molecule has 2 N–H and O–H groups in total. The van der Waals surface area contributed by atoms with E-state index >= 15 is 0 Å². The number of aliphatic hydroxyl groups is 1. The van der Waals surface area contributed by atoms with Crippen LogP contribution in [0.15, 0.2) is 0 Å². The van der Waals surface area contributed by atoms with E-state index in [9.17, 15) is 9.90 Å². The Hall–Kier alpha value is -0.610. The van der Waals surface area contributed by atoms with E-state index in [1.54, 1.807) is 0 Å². The summed E-state index contributed by atoms with van der Waals surface area (Å²) in [4.78, 5) is 13.5. The van der Waals surface area contributed by atoms with Crippen molar-refractivity contribution in [3.63, 3.8) is 0 Å². The van der Waals surface area contributed by atoms with Crippen LogP contribution >= 0.6 is 0 Å². The number of aliphatic hydroxyl groups excluding tert-OH is 1. The highest BCUT2D eigenvalue weighted by molar-refractivity contribution is 5.76. The second-order valence-corrected chi connectivity index (χ2v) is 4.56. The van der Waals surface area contributed by atoms with Crippen molar-refractivity contribution >= 4 is 5.91 Å². The quantitative estimate of drug-likeness (QED) is 0.649. The van der Waals surface area contributed by atoms with Crippen LogP contribution in [0, 0.1) is 0 Å². The van der Waals surface area contributed by atoms with Gasteiger partial charge >= 0.3 is 0 Å². The first-order valence-electron chi connectivity index (χ1n) is 5.96. The molecular formula is C11H20N2O2. The van der Waals surface area contributed by atoms with Crippen molar-refractivity contribution in [1.29, 1.82) is 0 Å². The van der Waals surface area contributed by atoms with Crippen molar-refractivity contribution in [3.8, 4) is 0 Å². The summed E-state index contributed by atoms with van der Waals surface area (Å²) in [5.41, 5.74) is 0. The summed E-state index contributed by atoms with van der Waals surface area (Å²) in [6.45, 7) is 2.41. The Morgan fingerprint density at radius 2 is 2.07 bits per heavy atom. The van der Waals surface area contributed by atoms with Gasteiger partial charge in [0.25, 0.3) is 0 Å². The first kappa shape index (κ1) is 10.9. The molecule has 1 heterocycles. The average molecular weight is 212 g/mol. The molecule has 2 rings (SSSR count). The second-order valence-electron chi connectivity index (χ2n) is 4.56. The minimum Gasteiger partial charge on any atom is -0.391 e. The lowest BCUT2D eigenvalue weighted by atomic mass is 9.91. The lowest BCUT2D eigenvalue weighted by Gasteiger charge is -2.36. The molecule has 2 fully saturated rings. The van der Waals surface area contributed by atoms with E-state index in [4.69, 9.17) is 0 Å². The van der Waals surface area contributed by atoms with Crippen molar-refractivity contribution in [2.75, 3.05) is 19.6 Å². The zero-order valence-corrected chi connectivity index (χ0v) is 9.11. The van der Waals surface area contributed by atoms with Gasteiger partial charge in [-0.2, -0.15) is 0 Å². The van der Waals surface area contributed by atoms with Crippen LogP contribution in [0.5, 0.6) is 0 Å². The molecule has 2 unspecified atom stereocenters. The van der Waals surface area contributed by atoms with Crippen molar-refractivity contribution in [3.05, 3.63) is 0 Å². The Kier molecular flexibility index (Phi) is 3.59. The fourth-order valence-electron chi connectivity index (χ4n) is 2.63. The number of carbonyl (C=O) groups is 1. The van der Waals surface area contributed by atoms with Crippen LogP contribution in [0.4, 0.5) is 0 Å². The van der Waals surface area contributed by atoms with Gasteiger partial charge in [0.2, 0.25) is 5.91 Å². The van der Waals surface area contributed by atoms with E-state index in [1.165, 1.54) is 6.42 Å². The zero-order valence-electron chi connectivity index (χ0n) is 9.11. The standard InChI is InChI=1S/C11H20N2O2/c14-10-4-2-1-3-9(10)13-7-5-11(15)12-6-8-13/h9-10,14H,1-8H2,(H,12,15). The van der Waals surface area contributed by atoms with Crippen molar-refractivity contribution in [2.45, 2.75) is 44.2 Å². The molecular weight excluding hydrogens is 192 g/mol. The van der Waals surface area contributed by atoms with Crippen LogP contribution in [0.1, 0.15) is 32.1 Å². The van der Waals surface area contributed by atoms with Gasteiger partial charge in [-0.15, -0.1) is 0 Å². The van der Waals surface area contributed by atoms with E-state index in [2.05, 4.69) is 10.2 Å². The third-order valence-corrected chi connectivity index (χ3v) is 3.51. The fraction of sp³-hybridized carbons (Fsp3) is 0.909. The topological polar surface area (TPSA) is 52.6 Å². The van der Waals surface area contributed by atoms with Crippen LogP contribution in [0.25, 0.3) is 0 Å². The molecule has 2 atom stereocenters. The molecule has 2 aliphatic rings. The molecule has 0 spiro atoms. The third-order valence-electron chi connectivity index (χ3n) is 3.51. The lowest BCUT2D eigenvalue weighted by Crippen LogP contribution is -2.46. The first-order valence-corrected chi connectivity index (χ1v) is 5.96. The Labute approximate surface area is 90.6 Å². The van der Waals surface area contributed by atoms with Crippen LogP contribution in [-0.2, 0) is 4.79 Å². The first-order chi connectivity index (χ1) is 7.27. The SMILES string of the molecule is O=C1CCN(C2CCCCC2O)CCN1. The summed E-state index contributed by atoms with van der Waals surface area (Å²) >= 11 is 0. The zero-order chi connectivity index (χ0) is 10.7. The normalized spacial score (nSPS) is 34.6. The molecule has 15 heavy (non-hydrogen) atoms. The van der Waals surface area contributed by atoms with E-state index < -0.39 is 0 Å². The van der Waals surface area contributed by atoms with Crippen LogP contribution in [0.3, 0.4) is 0 Å². The van der Waals surface area contributed by atoms with E-state index in [1.807, 2.05) is 0 Å². The molecule has 0 radical (unpaired) electrons. The maximum atomic E-state index is 11.2. The van der Waals surface area contributed by atoms with E-state index in [0.717, 1.165) is 38.9 Å². The molecule has 0 bridgehead atoms. The van der Waals surface area contributed by atoms with Crippen molar-refractivity contribution in [1.82, 2.24) is 10.2 Å². The van der Waals surface area contributed by atoms with Gasteiger partial charge < -0.3 is 10.4 Å². The number of amides is 1. The predicted molar refractivity (Wildman–Crippen MR) is 57.5 cm³/mol. The third kappa shape index (κ3) is 2.69. The maximum Gasteiger partial charge on any atom is 0.221 e.